The van der Waals surface area contributed by atoms with Gasteiger partial charge in [-0.05, 0) is 118 Å². The lowest BCUT2D eigenvalue weighted by atomic mass is 9.90. The molecule has 70 heavy (non-hydrogen) atoms. The van der Waals surface area contributed by atoms with E-state index in [1.54, 1.807) is 28.0 Å². The quantitative estimate of drug-likeness (QED) is 0.0901. The lowest BCUT2D eigenvalue weighted by Gasteiger charge is -2.35. The van der Waals surface area contributed by atoms with Crippen molar-refractivity contribution >= 4 is 28.4 Å². The van der Waals surface area contributed by atoms with Crippen LogP contribution in [0, 0.1) is 5.82 Å². The van der Waals surface area contributed by atoms with E-state index in [0.717, 1.165) is 74.6 Å². The number of carbonyl (C=O) groups is 3. The van der Waals surface area contributed by atoms with Crippen LogP contribution in [0.2, 0.25) is 0 Å². The van der Waals surface area contributed by atoms with Crippen molar-refractivity contribution < 1.29 is 37.0 Å². The number of amides is 2. The first-order valence-corrected chi connectivity index (χ1v) is 25.0. The van der Waals surface area contributed by atoms with Crippen molar-refractivity contribution in [2.75, 3.05) is 52.7 Å². The molecule has 1 aliphatic heterocycles. The summed E-state index contributed by atoms with van der Waals surface area (Å²) in [6, 6.07) is 19.6. The number of hydrogen-bond acceptors (Lipinski definition) is 9. The number of allylic oxidation sites excluding steroid dienone is 2. The number of piperazine rings is 1. The van der Waals surface area contributed by atoms with E-state index in [2.05, 4.69) is 32.5 Å². The van der Waals surface area contributed by atoms with E-state index in [4.69, 9.17) is 9.47 Å². The van der Waals surface area contributed by atoms with Gasteiger partial charge in [-0.3, -0.25) is 19.2 Å². The van der Waals surface area contributed by atoms with Crippen molar-refractivity contribution in [3.8, 4) is 11.3 Å². The van der Waals surface area contributed by atoms with Gasteiger partial charge in [0.05, 0.1) is 54.0 Å². The highest BCUT2D eigenvalue weighted by atomic mass is 19.1. The summed E-state index contributed by atoms with van der Waals surface area (Å²) in [6.07, 6.45) is 18.8. The molecule has 0 bridgehead atoms. The van der Waals surface area contributed by atoms with Gasteiger partial charge in [0.15, 0.2) is 0 Å². The van der Waals surface area contributed by atoms with Gasteiger partial charge in [0.2, 0.25) is 5.91 Å². The number of ether oxygens (including phenoxy) is 2. The van der Waals surface area contributed by atoms with Gasteiger partial charge in [-0.1, -0.05) is 60.7 Å². The Hall–Kier alpha value is -6.06. The predicted octanol–water partition coefficient (Wildman–Crippen LogP) is 9.25. The molecule has 2 unspecified atom stereocenters. The van der Waals surface area contributed by atoms with Crippen LogP contribution in [-0.4, -0.2) is 113 Å². The second kappa shape index (κ2) is 26.8. The van der Waals surface area contributed by atoms with Gasteiger partial charge >= 0.3 is 0 Å². The highest BCUT2D eigenvalue weighted by Gasteiger charge is 2.27. The van der Waals surface area contributed by atoms with Crippen LogP contribution in [0.1, 0.15) is 115 Å². The molecule has 0 radical (unpaired) electrons. The van der Waals surface area contributed by atoms with Gasteiger partial charge in [0, 0.05) is 62.8 Å². The van der Waals surface area contributed by atoms with Crippen LogP contribution in [0.4, 0.5) is 13.2 Å². The van der Waals surface area contributed by atoms with Crippen LogP contribution < -0.4 is 5.56 Å². The van der Waals surface area contributed by atoms with E-state index in [1.165, 1.54) is 29.7 Å². The second-order valence-electron chi connectivity index (χ2n) is 18.3. The van der Waals surface area contributed by atoms with Gasteiger partial charge in [0.25, 0.3) is 11.5 Å². The molecule has 2 aromatic heterocycles. The van der Waals surface area contributed by atoms with Gasteiger partial charge in [-0.2, -0.15) is 15.3 Å². The topological polar surface area (TPSA) is 148 Å². The molecule has 5 aromatic rings. The summed E-state index contributed by atoms with van der Waals surface area (Å²) < 4.78 is 50.5. The van der Waals surface area contributed by atoms with Gasteiger partial charge in [-0.15, -0.1) is 0 Å². The highest BCUT2D eigenvalue weighted by Crippen LogP contribution is 2.30. The molecular weight excluding hydrogens is 896 g/mol. The average molecular weight is 961 g/mol. The summed E-state index contributed by atoms with van der Waals surface area (Å²) in [6.45, 7) is 0.776. The zero-order chi connectivity index (χ0) is 49.1. The molecule has 1 saturated heterocycles. The molecule has 2 atom stereocenters. The number of ketones is 1. The highest BCUT2D eigenvalue weighted by molar-refractivity contribution is 5.95. The number of aromatic amines is 1. The summed E-state index contributed by atoms with van der Waals surface area (Å²) in [4.78, 5) is 54.7. The minimum atomic E-state index is -0.628. The molecular formula is C55H65F3N6O6. The Morgan fingerprint density at radius 1 is 0.743 bits per heavy atom. The third-order valence-corrected chi connectivity index (χ3v) is 13.4. The van der Waals surface area contributed by atoms with E-state index >= 15 is 0 Å². The molecule has 3 aliphatic rings. The Kier molecular flexibility index (Phi) is 19.8. The number of nitrogens with zero attached hydrogens (tertiary/aromatic N) is 5. The molecule has 2 amide bonds. The fourth-order valence-electron chi connectivity index (χ4n) is 9.53. The first kappa shape index (κ1) is 51.8. The van der Waals surface area contributed by atoms with Gasteiger partial charge in [-0.25, -0.2) is 18.3 Å². The van der Waals surface area contributed by atoms with Crippen LogP contribution >= 0.6 is 0 Å². The lowest BCUT2D eigenvalue weighted by Crippen LogP contribution is -2.50. The van der Waals surface area contributed by atoms with Crippen molar-refractivity contribution in [3.63, 3.8) is 0 Å². The summed E-state index contributed by atoms with van der Waals surface area (Å²) in [5.74, 6) is -1.04. The average Bonchev–Trinajstić information content (AvgIpc) is 3.37. The first-order valence-electron chi connectivity index (χ1n) is 25.0. The number of fused-ring (bicyclic) bond motifs is 2. The Morgan fingerprint density at radius 3 is 2.21 bits per heavy atom. The maximum Gasteiger partial charge on any atom is 0.272 e. The molecule has 372 valence electrons. The number of aromatic nitrogens is 4. The summed E-state index contributed by atoms with van der Waals surface area (Å²) >= 11 is 0. The van der Waals surface area contributed by atoms with Crippen LogP contribution in [0.15, 0.2) is 89.9 Å². The molecule has 1 fully saturated rings. The second-order valence-corrected chi connectivity index (χ2v) is 18.3. The Balaban J connectivity index is 0.000000526. The van der Waals surface area contributed by atoms with Crippen LogP contribution in [0.5, 0.6) is 0 Å². The summed E-state index contributed by atoms with van der Waals surface area (Å²) in [7, 11) is 0. The first-order chi connectivity index (χ1) is 34.2. The number of aryl methyl sites for hydroxylation is 2. The molecule has 3 aromatic carbocycles. The number of carbonyl (C=O) groups excluding carboxylic acids is 3. The number of hydrogen-bond donors (Lipinski definition) is 1. The van der Waals surface area contributed by atoms with E-state index in [-0.39, 0.29) is 68.3 Å². The largest absolute Gasteiger partial charge is 0.375 e. The molecule has 0 spiro atoms. The van der Waals surface area contributed by atoms with Crippen LogP contribution in [-0.2, 0) is 44.7 Å². The number of halogens is 3. The monoisotopic (exact) mass is 960 g/mol. The van der Waals surface area contributed by atoms with Crippen molar-refractivity contribution in [1.82, 2.24) is 30.2 Å². The number of Topliss-reactive ketones (excluding diaryl/α,β-unsaturated/α-hetero) is 1. The molecule has 15 heteroatoms. The maximum absolute atomic E-state index is 15.0. The third-order valence-electron chi connectivity index (χ3n) is 13.4. The number of H-pyrrole nitrogens is 1. The van der Waals surface area contributed by atoms with Gasteiger partial charge < -0.3 is 19.3 Å². The Labute approximate surface area is 408 Å². The van der Waals surface area contributed by atoms with Crippen LogP contribution in [0.3, 0.4) is 0 Å². The number of nitrogens with one attached hydrogen (secondary N) is 1. The predicted molar refractivity (Wildman–Crippen MR) is 264 cm³/mol. The van der Waals surface area contributed by atoms with Crippen molar-refractivity contribution in [1.29, 1.82) is 0 Å². The fourth-order valence-corrected chi connectivity index (χ4v) is 9.53. The molecule has 1 N–H and O–H groups in total. The fraction of sp³-hybridized carbons (Fsp3) is 0.473. The number of alkyl halides is 2. The minimum Gasteiger partial charge on any atom is -0.375 e. The normalized spacial score (nSPS) is 17.8. The lowest BCUT2D eigenvalue weighted by molar-refractivity contribution is -0.132. The van der Waals surface area contributed by atoms with Crippen molar-refractivity contribution in [2.24, 2.45) is 0 Å². The smallest absolute Gasteiger partial charge is 0.272 e. The SMILES string of the molecule is O=C(CCCC(=O)N1CCN(C(=O)c2cc(Cc3n[nH]c(=O)c4ccccc34)ccc2F)CC1)CCc1ccc(-c2nncc3c2CCC(OCC[18F])CCC3)cc1.[18F]CCOC1CC/C=C/CCC1. The maximum atomic E-state index is 15.0. The van der Waals surface area contributed by atoms with E-state index < -0.39 is 18.4 Å². The van der Waals surface area contributed by atoms with Crippen LogP contribution in [0.25, 0.3) is 22.0 Å². The van der Waals surface area contributed by atoms with Crippen molar-refractivity contribution in [3.05, 3.63) is 135 Å². The van der Waals surface area contributed by atoms with E-state index in [9.17, 15) is 32.3 Å². The van der Waals surface area contributed by atoms with Gasteiger partial charge in [0.1, 0.15) is 24.9 Å². The molecule has 3 heterocycles. The Bertz CT molecular complexity index is 2600. The molecule has 12 nitrogen and oxygen atoms in total. The van der Waals surface area contributed by atoms with E-state index in [1.807, 2.05) is 42.6 Å². The zero-order valence-electron chi connectivity index (χ0n) is 40.0. The number of rotatable bonds is 17. The summed E-state index contributed by atoms with van der Waals surface area (Å²) in [5.41, 5.74) is 6.18. The standard InChI is InChI=1S/C45H48F2N6O5.C10H17FO/c46-21-26-58-35-7-3-5-33-29-48-50-43(36(33)19-18-35)32-15-11-30(12-16-32)13-17-34(54)6-4-10-42(55)52-22-24-53(25-23-52)45(57)39-27-31(14-20-40(39)47)28-41-37-8-1-2-9-38(37)44(56)51-49-41;11-8-9-12-10-6-4-2-1-3-5-7-10/h1-2,8-9,11-12,14-16,20,27,29,35H,3-7,10,13,17-19,21-26,28H2,(H,51,56);1-2,10H,3-9H2/b;2-1+/i46-1;11-1. The summed E-state index contributed by atoms with van der Waals surface area (Å²) in [5, 5.41) is 16.7. The molecule has 8 rings (SSSR count). The minimum absolute atomic E-state index is 0.0445. The Morgan fingerprint density at radius 2 is 1.44 bits per heavy atom. The van der Waals surface area contributed by atoms with Crippen molar-refractivity contribution in [2.45, 2.75) is 115 Å². The number of benzene rings is 3. The van der Waals surface area contributed by atoms with E-state index in [0.29, 0.717) is 73.3 Å². The molecule has 2 aliphatic carbocycles. The third kappa shape index (κ3) is 14.7. The zero-order valence-corrected chi connectivity index (χ0v) is 40.0. The molecule has 0 saturated carbocycles.